The zero-order chi connectivity index (χ0) is 15.1. The Hall–Kier alpha value is -2.56. The van der Waals surface area contributed by atoms with Gasteiger partial charge in [0.25, 0.3) is 0 Å². The Morgan fingerprint density at radius 2 is 2.10 bits per heavy atom. The van der Waals surface area contributed by atoms with Gasteiger partial charge in [-0.15, -0.1) is 0 Å². The molecule has 2 rings (SSSR count). The number of carbonyl (C=O) groups is 1. The number of nitrogen functional groups attached to an aromatic ring is 1. The molecule has 3 N–H and O–H groups in total. The molecule has 0 saturated heterocycles. The van der Waals surface area contributed by atoms with Crippen molar-refractivity contribution in [3.05, 3.63) is 48.2 Å². The lowest BCUT2D eigenvalue weighted by molar-refractivity contribution is -0.116. The van der Waals surface area contributed by atoms with Crippen LogP contribution in [0.3, 0.4) is 0 Å². The minimum atomic E-state index is -0.0905. The molecule has 5 heteroatoms. The third-order valence-corrected chi connectivity index (χ3v) is 3.00. The number of ether oxygens (including phenoxy) is 1. The van der Waals surface area contributed by atoms with Gasteiger partial charge in [-0.2, -0.15) is 0 Å². The molecule has 0 radical (unpaired) electrons. The van der Waals surface area contributed by atoms with Crippen LogP contribution >= 0.6 is 0 Å². The highest BCUT2D eigenvalue weighted by atomic mass is 16.5. The van der Waals surface area contributed by atoms with Crippen molar-refractivity contribution in [1.29, 1.82) is 0 Å². The van der Waals surface area contributed by atoms with Crippen molar-refractivity contribution in [2.45, 2.75) is 19.8 Å². The second-order valence-electron chi connectivity index (χ2n) is 4.54. The molecule has 0 bridgehead atoms. The number of hydrogen-bond donors (Lipinski definition) is 2. The Kier molecular flexibility index (Phi) is 5.15. The van der Waals surface area contributed by atoms with Crippen molar-refractivity contribution in [2.75, 3.05) is 17.7 Å². The first-order chi connectivity index (χ1) is 10.2. The fourth-order valence-corrected chi connectivity index (χ4v) is 1.96. The number of para-hydroxylation sites is 1. The maximum atomic E-state index is 12.0. The van der Waals surface area contributed by atoms with Crippen LogP contribution in [0.2, 0.25) is 0 Å². The highest BCUT2D eigenvalue weighted by Gasteiger charge is 2.09. The van der Waals surface area contributed by atoms with E-state index in [2.05, 4.69) is 10.3 Å². The molecule has 1 heterocycles. The number of aryl methyl sites for hydroxylation is 1. The van der Waals surface area contributed by atoms with Crippen molar-refractivity contribution in [2.24, 2.45) is 0 Å². The molecule has 0 atom stereocenters. The van der Waals surface area contributed by atoms with E-state index in [0.717, 1.165) is 5.56 Å². The molecule has 0 aliphatic rings. The Labute approximate surface area is 124 Å². The lowest BCUT2D eigenvalue weighted by Crippen LogP contribution is -2.14. The van der Waals surface area contributed by atoms with Crippen LogP contribution in [0.4, 0.5) is 11.4 Å². The minimum Gasteiger partial charge on any atom is -0.476 e. The third kappa shape index (κ3) is 4.21. The number of nitrogens with one attached hydrogen (secondary N) is 1. The predicted molar refractivity (Wildman–Crippen MR) is 83.2 cm³/mol. The van der Waals surface area contributed by atoms with E-state index in [0.29, 0.717) is 36.7 Å². The second-order valence-corrected chi connectivity index (χ2v) is 4.54. The fraction of sp³-hybridized carbons (Fsp3) is 0.250. The number of rotatable bonds is 6. The first-order valence-corrected chi connectivity index (χ1v) is 6.91. The number of carbonyl (C=O) groups excluding carboxylic acids is 1. The summed E-state index contributed by atoms with van der Waals surface area (Å²) in [4.78, 5) is 16.1. The number of nitrogens with two attached hydrogens (primary N) is 1. The molecular formula is C16H19N3O2. The van der Waals surface area contributed by atoms with Gasteiger partial charge in [-0.1, -0.05) is 18.2 Å². The molecule has 5 nitrogen and oxygen atoms in total. The molecule has 0 fully saturated rings. The summed E-state index contributed by atoms with van der Waals surface area (Å²) in [5.41, 5.74) is 8.14. The molecule has 0 aliphatic carbocycles. The number of pyridine rings is 1. The second kappa shape index (κ2) is 7.28. The SMILES string of the molecule is CCOc1ncccc1NC(=O)CCc1ccccc1N. The zero-order valence-corrected chi connectivity index (χ0v) is 12.0. The van der Waals surface area contributed by atoms with Crippen molar-refractivity contribution in [3.63, 3.8) is 0 Å². The summed E-state index contributed by atoms with van der Waals surface area (Å²) < 4.78 is 5.37. The van der Waals surface area contributed by atoms with Gasteiger partial charge in [0.2, 0.25) is 11.8 Å². The average Bonchev–Trinajstić information content (AvgIpc) is 2.49. The van der Waals surface area contributed by atoms with Gasteiger partial charge in [0.15, 0.2) is 0 Å². The maximum Gasteiger partial charge on any atom is 0.237 e. The summed E-state index contributed by atoms with van der Waals surface area (Å²) in [5, 5.41) is 2.82. The molecule has 0 spiro atoms. The van der Waals surface area contributed by atoms with Crippen LogP contribution in [-0.2, 0) is 11.2 Å². The number of aromatic nitrogens is 1. The molecule has 1 aromatic heterocycles. The van der Waals surface area contributed by atoms with Gasteiger partial charge in [-0.25, -0.2) is 4.98 Å². The van der Waals surface area contributed by atoms with Gasteiger partial charge in [-0.3, -0.25) is 4.79 Å². The zero-order valence-electron chi connectivity index (χ0n) is 12.0. The Morgan fingerprint density at radius 1 is 1.29 bits per heavy atom. The standard InChI is InChI=1S/C16H19N3O2/c1-2-21-16-14(8-5-11-18-16)19-15(20)10-9-12-6-3-4-7-13(12)17/h3-8,11H,2,9-10,17H2,1H3,(H,19,20). The molecule has 1 amide bonds. The molecule has 1 aromatic carbocycles. The van der Waals surface area contributed by atoms with Crippen LogP contribution in [0.1, 0.15) is 18.9 Å². The van der Waals surface area contributed by atoms with Crippen LogP contribution in [0.15, 0.2) is 42.6 Å². The van der Waals surface area contributed by atoms with E-state index in [1.807, 2.05) is 31.2 Å². The van der Waals surface area contributed by atoms with E-state index in [1.165, 1.54) is 0 Å². The van der Waals surface area contributed by atoms with Gasteiger partial charge in [0.1, 0.15) is 5.69 Å². The van der Waals surface area contributed by atoms with Gasteiger partial charge in [-0.05, 0) is 37.1 Å². The molecular weight excluding hydrogens is 266 g/mol. The van der Waals surface area contributed by atoms with Crippen LogP contribution in [-0.4, -0.2) is 17.5 Å². The summed E-state index contributed by atoms with van der Waals surface area (Å²) in [7, 11) is 0. The Bertz CT molecular complexity index is 614. The number of amides is 1. The molecule has 2 aromatic rings. The molecule has 0 aliphatic heterocycles. The van der Waals surface area contributed by atoms with E-state index < -0.39 is 0 Å². The summed E-state index contributed by atoms with van der Waals surface area (Å²) in [6.07, 6.45) is 2.59. The lowest BCUT2D eigenvalue weighted by Gasteiger charge is -2.10. The lowest BCUT2D eigenvalue weighted by atomic mass is 10.1. The van der Waals surface area contributed by atoms with E-state index in [9.17, 15) is 4.79 Å². The normalized spacial score (nSPS) is 10.1. The summed E-state index contributed by atoms with van der Waals surface area (Å²) in [5.74, 6) is 0.347. The fourth-order valence-electron chi connectivity index (χ4n) is 1.96. The van der Waals surface area contributed by atoms with Crippen molar-refractivity contribution < 1.29 is 9.53 Å². The van der Waals surface area contributed by atoms with Crippen LogP contribution in [0, 0.1) is 0 Å². The van der Waals surface area contributed by atoms with E-state index in [4.69, 9.17) is 10.5 Å². The highest BCUT2D eigenvalue weighted by molar-refractivity contribution is 5.92. The summed E-state index contributed by atoms with van der Waals surface area (Å²) in [6, 6.07) is 11.1. The topological polar surface area (TPSA) is 77.2 Å². The van der Waals surface area contributed by atoms with E-state index in [1.54, 1.807) is 18.3 Å². The molecule has 0 unspecified atom stereocenters. The third-order valence-electron chi connectivity index (χ3n) is 3.00. The minimum absolute atomic E-state index is 0.0905. The first-order valence-electron chi connectivity index (χ1n) is 6.91. The molecule has 110 valence electrons. The van der Waals surface area contributed by atoms with Crippen LogP contribution in [0.25, 0.3) is 0 Å². The van der Waals surface area contributed by atoms with Crippen molar-refractivity contribution >= 4 is 17.3 Å². The quantitative estimate of drug-likeness (QED) is 0.800. The summed E-state index contributed by atoms with van der Waals surface area (Å²) in [6.45, 7) is 2.37. The number of hydrogen-bond acceptors (Lipinski definition) is 4. The van der Waals surface area contributed by atoms with Crippen LogP contribution < -0.4 is 15.8 Å². The molecule has 21 heavy (non-hydrogen) atoms. The van der Waals surface area contributed by atoms with Crippen molar-refractivity contribution in [1.82, 2.24) is 4.98 Å². The smallest absolute Gasteiger partial charge is 0.237 e. The largest absolute Gasteiger partial charge is 0.476 e. The first kappa shape index (κ1) is 14.8. The Balaban J connectivity index is 1.95. The van der Waals surface area contributed by atoms with Gasteiger partial charge in [0, 0.05) is 18.3 Å². The molecule has 0 saturated carbocycles. The van der Waals surface area contributed by atoms with Gasteiger partial charge in [0.05, 0.1) is 6.61 Å². The highest BCUT2D eigenvalue weighted by Crippen LogP contribution is 2.21. The maximum absolute atomic E-state index is 12.0. The monoisotopic (exact) mass is 285 g/mol. The van der Waals surface area contributed by atoms with E-state index in [-0.39, 0.29) is 5.91 Å². The predicted octanol–water partition coefficient (Wildman–Crippen LogP) is 2.63. The van der Waals surface area contributed by atoms with Gasteiger partial charge < -0.3 is 15.8 Å². The summed E-state index contributed by atoms with van der Waals surface area (Å²) >= 11 is 0. The Morgan fingerprint density at radius 3 is 2.86 bits per heavy atom. The van der Waals surface area contributed by atoms with Gasteiger partial charge >= 0.3 is 0 Å². The number of anilines is 2. The average molecular weight is 285 g/mol. The number of nitrogens with zero attached hydrogens (tertiary/aromatic N) is 1. The van der Waals surface area contributed by atoms with Crippen LogP contribution in [0.5, 0.6) is 5.88 Å². The van der Waals surface area contributed by atoms with Crippen molar-refractivity contribution in [3.8, 4) is 5.88 Å². The number of benzene rings is 1. The van der Waals surface area contributed by atoms with E-state index >= 15 is 0 Å².